The van der Waals surface area contributed by atoms with Crippen molar-refractivity contribution < 1.29 is 4.79 Å². The van der Waals surface area contributed by atoms with Gasteiger partial charge in [0.25, 0.3) is 0 Å². The zero-order valence-corrected chi connectivity index (χ0v) is 14.9. The van der Waals surface area contributed by atoms with Crippen LogP contribution in [0.25, 0.3) is 0 Å². The Morgan fingerprint density at radius 2 is 1.92 bits per heavy atom. The van der Waals surface area contributed by atoms with Gasteiger partial charge in [0.05, 0.1) is 23.2 Å². The standard InChI is InChI=1S/C20H18N4OS/c25-20-16(12-18-21-10-11-26-18)19(15-8-4-5-9-17(15)23-20)24-22-13-14-6-2-1-3-7-14/h1-11,16,22H,12-13H2,(H,23,25). The Morgan fingerprint density at radius 1 is 1.12 bits per heavy atom. The van der Waals surface area contributed by atoms with Crippen LogP contribution in [0.5, 0.6) is 0 Å². The first-order valence-corrected chi connectivity index (χ1v) is 9.32. The Morgan fingerprint density at radius 3 is 2.73 bits per heavy atom. The van der Waals surface area contributed by atoms with Crippen molar-refractivity contribution in [2.24, 2.45) is 11.0 Å². The molecule has 2 heterocycles. The van der Waals surface area contributed by atoms with Gasteiger partial charge in [-0.1, -0.05) is 48.5 Å². The van der Waals surface area contributed by atoms with E-state index in [1.165, 1.54) is 0 Å². The van der Waals surface area contributed by atoms with Gasteiger partial charge in [0.1, 0.15) is 0 Å². The summed E-state index contributed by atoms with van der Waals surface area (Å²) in [6.45, 7) is 0.609. The van der Waals surface area contributed by atoms with Gasteiger partial charge < -0.3 is 10.7 Å². The van der Waals surface area contributed by atoms with Crippen molar-refractivity contribution in [2.75, 3.05) is 5.32 Å². The quantitative estimate of drug-likeness (QED) is 0.683. The highest BCUT2D eigenvalue weighted by Gasteiger charge is 2.33. The Bertz CT molecular complexity index is 922. The zero-order chi connectivity index (χ0) is 17.8. The lowest BCUT2D eigenvalue weighted by molar-refractivity contribution is -0.118. The highest BCUT2D eigenvalue weighted by atomic mass is 32.1. The summed E-state index contributed by atoms with van der Waals surface area (Å²) in [6.07, 6.45) is 2.31. The van der Waals surface area contributed by atoms with Crippen LogP contribution in [0, 0.1) is 5.92 Å². The van der Waals surface area contributed by atoms with E-state index in [1.54, 1.807) is 17.5 Å². The van der Waals surface area contributed by atoms with Crippen LogP contribution in [0.2, 0.25) is 0 Å². The Labute approximate surface area is 155 Å². The lowest BCUT2D eigenvalue weighted by atomic mass is 9.88. The van der Waals surface area contributed by atoms with Crippen molar-refractivity contribution in [2.45, 2.75) is 13.0 Å². The molecule has 3 aromatic rings. The molecule has 0 fully saturated rings. The number of thiazole rings is 1. The summed E-state index contributed by atoms with van der Waals surface area (Å²) < 4.78 is 0. The molecule has 5 nitrogen and oxygen atoms in total. The van der Waals surface area contributed by atoms with Gasteiger partial charge in [-0.15, -0.1) is 11.3 Å². The van der Waals surface area contributed by atoms with Crippen molar-refractivity contribution in [3.63, 3.8) is 0 Å². The van der Waals surface area contributed by atoms with Gasteiger partial charge in [-0.3, -0.25) is 4.79 Å². The first-order chi connectivity index (χ1) is 12.8. The molecule has 0 saturated carbocycles. The third-order valence-corrected chi connectivity index (χ3v) is 5.10. The number of anilines is 1. The fraction of sp³-hybridized carbons (Fsp3) is 0.150. The largest absolute Gasteiger partial charge is 0.325 e. The van der Waals surface area contributed by atoms with Crippen LogP contribution in [-0.4, -0.2) is 16.6 Å². The lowest BCUT2D eigenvalue weighted by Gasteiger charge is -2.26. The number of carbonyl (C=O) groups is 1. The smallest absolute Gasteiger partial charge is 0.234 e. The molecule has 0 radical (unpaired) electrons. The molecule has 2 N–H and O–H groups in total. The summed E-state index contributed by atoms with van der Waals surface area (Å²) in [5, 5.41) is 10.5. The summed E-state index contributed by atoms with van der Waals surface area (Å²) >= 11 is 1.56. The molecular weight excluding hydrogens is 344 g/mol. The number of hydrogen-bond donors (Lipinski definition) is 2. The normalized spacial score (nSPS) is 17.6. The zero-order valence-electron chi connectivity index (χ0n) is 14.1. The topological polar surface area (TPSA) is 66.4 Å². The van der Waals surface area contributed by atoms with Crippen LogP contribution in [0.15, 0.2) is 71.3 Å². The van der Waals surface area contributed by atoms with Crippen molar-refractivity contribution in [1.82, 2.24) is 10.4 Å². The third-order valence-electron chi connectivity index (χ3n) is 4.30. The summed E-state index contributed by atoms with van der Waals surface area (Å²) in [5.41, 5.74) is 6.79. The number of rotatable bonds is 5. The molecule has 1 amide bonds. The summed E-state index contributed by atoms with van der Waals surface area (Å²) in [6, 6.07) is 17.8. The summed E-state index contributed by atoms with van der Waals surface area (Å²) in [4.78, 5) is 17.0. The number of nitrogens with one attached hydrogen (secondary N) is 2. The molecule has 0 bridgehead atoms. The first kappa shape index (κ1) is 16.5. The molecule has 0 aliphatic carbocycles. The minimum Gasteiger partial charge on any atom is -0.325 e. The molecule has 6 heteroatoms. The molecule has 0 spiro atoms. The van der Waals surface area contributed by atoms with Gasteiger partial charge in [-0.05, 0) is 11.6 Å². The highest BCUT2D eigenvalue weighted by Crippen LogP contribution is 2.28. The van der Waals surface area contributed by atoms with Crippen molar-refractivity contribution >= 4 is 28.6 Å². The number of amides is 1. The van der Waals surface area contributed by atoms with E-state index < -0.39 is 0 Å². The Hall–Kier alpha value is -2.99. The molecule has 1 atom stereocenters. The molecule has 1 aromatic heterocycles. The highest BCUT2D eigenvalue weighted by molar-refractivity contribution is 7.09. The number of fused-ring (bicyclic) bond motifs is 1. The lowest BCUT2D eigenvalue weighted by Crippen LogP contribution is -2.38. The number of hydrazone groups is 1. The fourth-order valence-electron chi connectivity index (χ4n) is 3.01. The fourth-order valence-corrected chi connectivity index (χ4v) is 3.68. The van der Waals surface area contributed by atoms with Crippen LogP contribution in [0.4, 0.5) is 5.69 Å². The number of aromatic nitrogens is 1. The van der Waals surface area contributed by atoms with Crippen LogP contribution in [0.3, 0.4) is 0 Å². The van der Waals surface area contributed by atoms with Crippen molar-refractivity contribution in [3.05, 3.63) is 82.3 Å². The molecule has 1 aliphatic heterocycles. The minimum atomic E-state index is -0.362. The van der Waals surface area contributed by atoms with E-state index in [0.29, 0.717) is 13.0 Å². The van der Waals surface area contributed by atoms with E-state index in [2.05, 4.69) is 20.8 Å². The second-order valence-electron chi connectivity index (χ2n) is 6.03. The molecule has 26 heavy (non-hydrogen) atoms. The second-order valence-corrected chi connectivity index (χ2v) is 7.01. The number of nitrogens with zero attached hydrogens (tertiary/aromatic N) is 2. The van der Waals surface area contributed by atoms with Crippen LogP contribution >= 0.6 is 11.3 Å². The molecule has 0 saturated heterocycles. The van der Waals surface area contributed by atoms with Crippen LogP contribution < -0.4 is 10.7 Å². The van der Waals surface area contributed by atoms with Crippen molar-refractivity contribution in [1.29, 1.82) is 0 Å². The van der Waals surface area contributed by atoms with Gasteiger partial charge in [0, 0.05) is 29.2 Å². The Balaban J connectivity index is 1.63. The Kier molecular flexibility index (Phi) is 4.75. The van der Waals surface area contributed by atoms with E-state index in [1.807, 2.05) is 60.0 Å². The van der Waals surface area contributed by atoms with Crippen molar-refractivity contribution in [3.8, 4) is 0 Å². The number of benzene rings is 2. The van der Waals surface area contributed by atoms with Gasteiger partial charge in [-0.2, -0.15) is 5.10 Å². The third kappa shape index (κ3) is 3.50. The summed E-state index contributed by atoms with van der Waals surface area (Å²) in [7, 11) is 0. The first-order valence-electron chi connectivity index (χ1n) is 8.44. The number of hydrogen-bond acceptors (Lipinski definition) is 5. The molecule has 1 unspecified atom stereocenters. The van der Waals surface area contributed by atoms with E-state index in [4.69, 9.17) is 0 Å². The monoisotopic (exact) mass is 362 g/mol. The molecule has 4 rings (SSSR count). The average Bonchev–Trinajstić information content (AvgIpc) is 3.18. The molecule has 2 aromatic carbocycles. The predicted octanol–water partition coefficient (Wildman–Crippen LogP) is 3.45. The van der Waals surface area contributed by atoms with Crippen LogP contribution in [-0.2, 0) is 17.8 Å². The average molecular weight is 362 g/mol. The maximum Gasteiger partial charge on any atom is 0.234 e. The van der Waals surface area contributed by atoms with Gasteiger partial charge >= 0.3 is 0 Å². The van der Waals surface area contributed by atoms with E-state index in [-0.39, 0.29) is 11.8 Å². The van der Waals surface area contributed by atoms with E-state index >= 15 is 0 Å². The van der Waals surface area contributed by atoms with Gasteiger partial charge in [0.15, 0.2) is 0 Å². The maximum absolute atomic E-state index is 12.7. The molecular formula is C20H18N4OS. The number of carbonyl (C=O) groups excluding carboxylic acids is 1. The molecule has 1 aliphatic rings. The second kappa shape index (κ2) is 7.49. The molecule has 130 valence electrons. The van der Waals surface area contributed by atoms with E-state index in [9.17, 15) is 4.79 Å². The van der Waals surface area contributed by atoms with Crippen LogP contribution in [0.1, 0.15) is 16.1 Å². The number of para-hydroxylation sites is 1. The van der Waals surface area contributed by atoms with Gasteiger partial charge in [0.2, 0.25) is 5.91 Å². The van der Waals surface area contributed by atoms with E-state index in [0.717, 1.165) is 27.5 Å². The van der Waals surface area contributed by atoms with Gasteiger partial charge in [-0.25, -0.2) is 4.98 Å². The predicted molar refractivity (Wildman–Crippen MR) is 104 cm³/mol. The SMILES string of the molecule is O=C1Nc2ccccc2C(=NNCc2ccccc2)C1Cc1nccs1. The maximum atomic E-state index is 12.7. The minimum absolute atomic E-state index is 0.0424. The summed E-state index contributed by atoms with van der Waals surface area (Å²) in [5.74, 6) is -0.404.